The van der Waals surface area contributed by atoms with Crippen LogP contribution in [0.5, 0.6) is 0 Å². The molecule has 1 saturated heterocycles. The lowest BCUT2D eigenvalue weighted by molar-refractivity contribution is -0.132. The highest BCUT2D eigenvalue weighted by molar-refractivity contribution is 6.18. The van der Waals surface area contributed by atoms with Crippen molar-refractivity contribution in [3.8, 4) is 0 Å². The van der Waals surface area contributed by atoms with E-state index >= 15 is 0 Å². The fraction of sp³-hybridized carbons (Fsp3) is 0.786. The highest BCUT2D eigenvalue weighted by Crippen LogP contribution is 2.27. The topological polar surface area (TPSA) is 54.3 Å². The van der Waals surface area contributed by atoms with Crippen molar-refractivity contribution in [2.45, 2.75) is 38.3 Å². The average Bonchev–Trinajstić information content (AvgIpc) is 2.90. The van der Waals surface area contributed by atoms with Crippen molar-refractivity contribution in [3.05, 3.63) is 11.6 Å². The van der Waals surface area contributed by atoms with E-state index in [-0.39, 0.29) is 5.91 Å². The van der Waals surface area contributed by atoms with Crippen LogP contribution in [-0.2, 0) is 17.9 Å². The van der Waals surface area contributed by atoms with Gasteiger partial charge in [-0.25, -0.2) is 0 Å². The van der Waals surface area contributed by atoms with E-state index in [4.69, 9.17) is 11.6 Å². The molecule has 1 fully saturated rings. The minimum Gasteiger partial charge on any atom is -0.342 e. The second kappa shape index (κ2) is 6.32. The van der Waals surface area contributed by atoms with Crippen LogP contribution in [0, 0.1) is 0 Å². The summed E-state index contributed by atoms with van der Waals surface area (Å²) in [5.74, 6) is 2.96. The predicted octanol–water partition coefficient (Wildman–Crippen LogP) is 1.06. The Morgan fingerprint density at radius 2 is 2.19 bits per heavy atom. The van der Waals surface area contributed by atoms with Crippen LogP contribution in [0.2, 0.25) is 0 Å². The molecule has 1 aromatic heterocycles. The molecule has 3 heterocycles. The second-order valence-corrected chi connectivity index (χ2v) is 6.36. The lowest BCUT2D eigenvalue weighted by atomic mass is 9.96. The first-order valence-corrected chi connectivity index (χ1v) is 8.16. The number of fused-ring (bicyclic) bond motifs is 1. The van der Waals surface area contributed by atoms with Crippen molar-refractivity contribution in [2.24, 2.45) is 0 Å². The van der Waals surface area contributed by atoms with Crippen LogP contribution in [0.1, 0.15) is 36.8 Å². The molecule has 2 aliphatic heterocycles. The molecule has 0 N–H and O–H groups in total. The normalized spacial score (nSPS) is 23.1. The highest BCUT2D eigenvalue weighted by atomic mass is 35.5. The van der Waals surface area contributed by atoms with Gasteiger partial charge in [0.2, 0.25) is 5.91 Å². The van der Waals surface area contributed by atoms with Crippen molar-refractivity contribution < 1.29 is 4.79 Å². The maximum atomic E-state index is 12.0. The SMILES string of the molecule is CN1CCn2c(nnc2C2CCCN(C(=O)CCCl)C2)C1. The summed E-state index contributed by atoms with van der Waals surface area (Å²) in [5.41, 5.74) is 0. The molecule has 3 rings (SSSR count). The van der Waals surface area contributed by atoms with Gasteiger partial charge in [-0.3, -0.25) is 9.69 Å². The summed E-state index contributed by atoms with van der Waals surface area (Å²) in [5, 5.41) is 8.75. The number of aromatic nitrogens is 3. The quantitative estimate of drug-likeness (QED) is 0.783. The Bertz CT molecular complexity index is 517. The first kappa shape index (κ1) is 14.8. The first-order chi connectivity index (χ1) is 10.2. The molecule has 21 heavy (non-hydrogen) atoms. The van der Waals surface area contributed by atoms with Gasteiger partial charge in [-0.15, -0.1) is 21.8 Å². The van der Waals surface area contributed by atoms with Gasteiger partial charge < -0.3 is 9.47 Å². The predicted molar refractivity (Wildman–Crippen MR) is 80.2 cm³/mol. The number of alkyl halides is 1. The third-order valence-electron chi connectivity index (χ3n) is 4.42. The fourth-order valence-electron chi connectivity index (χ4n) is 3.26. The Kier molecular flexibility index (Phi) is 4.45. The van der Waals surface area contributed by atoms with Gasteiger partial charge in [0.15, 0.2) is 0 Å². The van der Waals surface area contributed by atoms with Crippen LogP contribution in [0.4, 0.5) is 0 Å². The van der Waals surface area contributed by atoms with E-state index in [0.29, 0.717) is 18.2 Å². The van der Waals surface area contributed by atoms with Crippen molar-refractivity contribution >= 4 is 17.5 Å². The van der Waals surface area contributed by atoms with Gasteiger partial charge in [-0.2, -0.15) is 0 Å². The number of hydrogen-bond donors (Lipinski definition) is 0. The zero-order valence-electron chi connectivity index (χ0n) is 12.5. The maximum absolute atomic E-state index is 12.0. The Hall–Kier alpha value is -1.14. The highest BCUT2D eigenvalue weighted by Gasteiger charge is 2.29. The summed E-state index contributed by atoms with van der Waals surface area (Å²) in [6, 6.07) is 0. The summed E-state index contributed by atoms with van der Waals surface area (Å²) >= 11 is 5.68. The van der Waals surface area contributed by atoms with E-state index in [1.807, 2.05) is 4.90 Å². The second-order valence-electron chi connectivity index (χ2n) is 5.98. The molecule has 0 spiro atoms. The lowest BCUT2D eigenvalue weighted by Gasteiger charge is -2.33. The molecular weight excluding hydrogens is 290 g/mol. The lowest BCUT2D eigenvalue weighted by Crippen LogP contribution is -2.40. The summed E-state index contributed by atoms with van der Waals surface area (Å²) in [7, 11) is 2.10. The van der Waals surface area contributed by atoms with Gasteiger partial charge in [0.05, 0.1) is 6.54 Å². The number of carbonyl (C=O) groups is 1. The van der Waals surface area contributed by atoms with Crippen LogP contribution in [0.15, 0.2) is 0 Å². The largest absolute Gasteiger partial charge is 0.342 e. The third kappa shape index (κ3) is 3.06. The van der Waals surface area contributed by atoms with Gasteiger partial charge in [0, 0.05) is 44.4 Å². The van der Waals surface area contributed by atoms with Gasteiger partial charge in [-0.1, -0.05) is 0 Å². The summed E-state index contributed by atoms with van der Waals surface area (Å²) in [6.45, 7) is 4.42. The van der Waals surface area contributed by atoms with E-state index in [1.54, 1.807) is 0 Å². The number of likely N-dealkylation sites (tertiary alicyclic amines) is 1. The van der Waals surface area contributed by atoms with E-state index in [1.165, 1.54) is 0 Å². The van der Waals surface area contributed by atoms with Gasteiger partial charge >= 0.3 is 0 Å². The molecule has 2 aliphatic rings. The molecule has 6 nitrogen and oxygen atoms in total. The van der Waals surface area contributed by atoms with Crippen molar-refractivity contribution in [3.63, 3.8) is 0 Å². The van der Waals surface area contributed by atoms with Gasteiger partial charge in [-0.05, 0) is 19.9 Å². The molecule has 1 amide bonds. The Labute approximate surface area is 130 Å². The fourth-order valence-corrected chi connectivity index (χ4v) is 3.42. The number of amides is 1. The summed E-state index contributed by atoms with van der Waals surface area (Å²) in [6.07, 6.45) is 2.54. The average molecular weight is 312 g/mol. The molecule has 1 unspecified atom stereocenters. The zero-order valence-corrected chi connectivity index (χ0v) is 13.2. The number of rotatable bonds is 3. The number of likely N-dealkylation sites (N-methyl/N-ethyl adjacent to an activating group) is 1. The third-order valence-corrected chi connectivity index (χ3v) is 4.61. The molecule has 0 aliphatic carbocycles. The van der Waals surface area contributed by atoms with E-state index in [0.717, 1.165) is 57.2 Å². The number of halogens is 1. The van der Waals surface area contributed by atoms with Crippen LogP contribution in [-0.4, -0.2) is 63.0 Å². The van der Waals surface area contributed by atoms with E-state index < -0.39 is 0 Å². The molecule has 0 bridgehead atoms. The molecular formula is C14H22ClN5O. The number of carbonyl (C=O) groups excluding carboxylic acids is 1. The van der Waals surface area contributed by atoms with E-state index in [2.05, 4.69) is 26.7 Å². The molecule has 0 saturated carbocycles. The smallest absolute Gasteiger partial charge is 0.223 e. The van der Waals surface area contributed by atoms with Crippen molar-refractivity contribution in [1.82, 2.24) is 24.6 Å². The molecule has 1 atom stereocenters. The minimum atomic E-state index is 0.160. The Morgan fingerprint density at radius 1 is 1.33 bits per heavy atom. The van der Waals surface area contributed by atoms with Crippen LogP contribution in [0.25, 0.3) is 0 Å². The van der Waals surface area contributed by atoms with Crippen LogP contribution >= 0.6 is 11.6 Å². The molecule has 7 heteroatoms. The minimum absolute atomic E-state index is 0.160. The molecule has 0 radical (unpaired) electrons. The monoisotopic (exact) mass is 311 g/mol. The molecule has 0 aromatic carbocycles. The first-order valence-electron chi connectivity index (χ1n) is 7.63. The van der Waals surface area contributed by atoms with E-state index in [9.17, 15) is 4.79 Å². The van der Waals surface area contributed by atoms with Gasteiger partial charge in [0.1, 0.15) is 11.6 Å². The number of piperidine rings is 1. The number of nitrogens with zero attached hydrogens (tertiary/aromatic N) is 5. The molecule has 1 aromatic rings. The van der Waals surface area contributed by atoms with Gasteiger partial charge in [0.25, 0.3) is 0 Å². The van der Waals surface area contributed by atoms with Crippen molar-refractivity contribution in [1.29, 1.82) is 0 Å². The van der Waals surface area contributed by atoms with Crippen LogP contribution in [0.3, 0.4) is 0 Å². The maximum Gasteiger partial charge on any atom is 0.223 e. The number of hydrogen-bond acceptors (Lipinski definition) is 4. The Morgan fingerprint density at radius 3 is 3.00 bits per heavy atom. The van der Waals surface area contributed by atoms with Crippen molar-refractivity contribution in [2.75, 3.05) is 32.6 Å². The standard InChI is InChI=1S/C14H22ClN5O/c1-18-7-8-20-12(10-18)16-17-14(20)11-3-2-6-19(9-11)13(21)4-5-15/h11H,2-10H2,1H3. The summed E-state index contributed by atoms with van der Waals surface area (Å²) in [4.78, 5) is 16.2. The molecule has 116 valence electrons. The Balaban J connectivity index is 1.73. The van der Waals surface area contributed by atoms with Crippen LogP contribution < -0.4 is 0 Å². The summed E-state index contributed by atoms with van der Waals surface area (Å²) < 4.78 is 2.25. The zero-order chi connectivity index (χ0) is 14.8.